The smallest absolute Gasteiger partial charge is 0.124 e. The van der Waals surface area contributed by atoms with Gasteiger partial charge >= 0.3 is 0 Å². The zero-order valence-electron chi connectivity index (χ0n) is 18.1. The Labute approximate surface area is 184 Å². The van der Waals surface area contributed by atoms with E-state index in [1.165, 1.54) is 16.8 Å². The molecule has 0 aliphatic carbocycles. The monoisotopic (exact) mass is 427 g/mol. The summed E-state index contributed by atoms with van der Waals surface area (Å²) in [5.41, 5.74) is 5.03. The molecule has 2 aromatic carbocycles. The summed E-state index contributed by atoms with van der Waals surface area (Å²) in [5.74, 6) is 1.34. The molecule has 0 bridgehead atoms. The van der Waals surface area contributed by atoms with E-state index in [1.54, 1.807) is 11.9 Å². The van der Waals surface area contributed by atoms with Crippen molar-refractivity contribution in [1.82, 2.24) is 0 Å². The number of anilines is 1. The minimum Gasteiger partial charge on any atom is -0.493 e. The topological polar surface area (TPSA) is 41.9 Å². The predicted octanol–water partition coefficient (Wildman–Crippen LogP) is 5.40. The first-order valence-corrected chi connectivity index (χ1v) is 12.0. The minimum atomic E-state index is -0.0104. The Morgan fingerprint density at radius 2 is 1.97 bits per heavy atom. The van der Waals surface area contributed by atoms with Crippen LogP contribution in [0.2, 0.25) is 0 Å². The van der Waals surface area contributed by atoms with Gasteiger partial charge in [0.1, 0.15) is 5.75 Å². The molecule has 162 valence electrons. The van der Waals surface area contributed by atoms with Crippen LogP contribution in [-0.2, 0) is 24.2 Å². The molecule has 4 nitrogen and oxygen atoms in total. The molecular formula is C25H33NO3S. The van der Waals surface area contributed by atoms with Crippen molar-refractivity contribution in [2.24, 2.45) is 5.92 Å². The van der Waals surface area contributed by atoms with Crippen molar-refractivity contribution in [2.45, 2.75) is 63.5 Å². The first-order valence-electron chi connectivity index (χ1n) is 11.2. The predicted molar refractivity (Wildman–Crippen MR) is 123 cm³/mol. The van der Waals surface area contributed by atoms with E-state index in [0.29, 0.717) is 18.6 Å². The highest BCUT2D eigenvalue weighted by Crippen LogP contribution is 2.40. The number of aryl methyl sites for hydroxylation is 2. The average Bonchev–Trinajstić information content (AvgIpc) is 2.80. The highest BCUT2D eigenvalue weighted by Gasteiger charge is 2.25. The molecule has 2 heterocycles. The molecule has 5 heteroatoms. The lowest BCUT2D eigenvalue weighted by molar-refractivity contribution is 0.0494. The molecule has 0 saturated carbocycles. The quantitative estimate of drug-likeness (QED) is 0.600. The summed E-state index contributed by atoms with van der Waals surface area (Å²) in [5, 5.41) is 9.93. The van der Waals surface area contributed by atoms with Crippen molar-refractivity contribution in [2.75, 3.05) is 24.1 Å². The van der Waals surface area contributed by atoms with Gasteiger partial charge in [0.05, 0.1) is 18.9 Å². The molecule has 0 spiro atoms. The van der Waals surface area contributed by atoms with E-state index in [0.717, 1.165) is 61.5 Å². The third-order valence-electron chi connectivity index (χ3n) is 6.24. The summed E-state index contributed by atoms with van der Waals surface area (Å²) < 4.78 is 13.9. The zero-order valence-corrected chi connectivity index (χ0v) is 18.9. The van der Waals surface area contributed by atoms with Gasteiger partial charge in [-0.2, -0.15) is 0 Å². The van der Waals surface area contributed by atoms with E-state index in [1.807, 2.05) is 6.07 Å². The summed E-state index contributed by atoms with van der Waals surface area (Å²) in [6.07, 6.45) is 5.47. The van der Waals surface area contributed by atoms with Crippen LogP contribution in [0, 0.1) is 5.92 Å². The van der Waals surface area contributed by atoms with Gasteiger partial charge < -0.3 is 18.9 Å². The average molecular weight is 428 g/mol. The second-order valence-electron chi connectivity index (χ2n) is 8.42. The van der Waals surface area contributed by atoms with Crippen LogP contribution in [0.1, 0.15) is 49.8 Å². The van der Waals surface area contributed by atoms with Gasteiger partial charge in [0, 0.05) is 29.7 Å². The molecule has 0 unspecified atom stereocenters. The number of fused-ring (bicyclic) bond motifs is 1. The Hall–Kier alpha value is -1.69. The number of benzene rings is 2. The third kappa shape index (κ3) is 4.96. The fourth-order valence-electron chi connectivity index (χ4n) is 4.24. The third-order valence-corrected chi connectivity index (χ3v) is 7.46. The number of ether oxygens (including phenoxy) is 2. The van der Waals surface area contributed by atoms with Crippen LogP contribution >= 0.6 is 11.9 Å². The molecule has 30 heavy (non-hydrogen) atoms. The van der Waals surface area contributed by atoms with Crippen molar-refractivity contribution < 1.29 is 14.6 Å². The highest BCUT2D eigenvalue weighted by molar-refractivity contribution is 8.00. The van der Waals surface area contributed by atoms with Gasteiger partial charge in [-0.25, -0.2) is 0 Å². The van der Waals surface area contributed by atoms with Crippen LogP contribution in [0.25, 0.3) is 0 Å². The van der Waals surface area contributed by atoms with Crippen LogP contribution < -0.4 is 9.04 Å². The van der Waals surface area contributed by atoms with Crippen LogP contribution in [0.5, 0.6) is 5.75 Å². The zero-order chi connectivity index (χ0) is 20.9. The van der Waals surface area contributed by atoms with Crippen molar-refractivity contribution in [3.05, 3.63) is 53.1 Å². The van der Waals surface area contributed by atoms with Gasteiger partial charge in [0.15, 0.2) is 0 Å². The second kappa shape index (κ2) is 10.1. The molecule has 1 saturated heterocycles. The van der Waals surface area contributed by atoms with Crippen molar-refractivity contribution in [3.8, 4) is 5.75 Å². The summed E-state index contributed by atoms with van der Waals surface area (Å²) in [6, 6.07) is 13.6. The molecule has 2 aromatic rings. The van der Waals surface area contributed by atoms with Crippen LogP contribution in [-0.4, -0.2) is 31.0 Å². The van der Waals surface area contributed by atoms with E-state index in [9.17, 15) is 5.11 Å². The van der Waals surface area contributed by atoms with E-state index in [2.05, 4.69) is 48.5 Å². The first-order chi connectivity index (χ1) is 14.7. The molecule has 4 rings (SSSR count). The van der Waals surface area contributed by atoms with Crippen LogP contribution in [0.3, 0.4) is 0 Å². The summed E-state index contributed by atoms with van der Waals surface area (Å²) in [6.45, 7) is 6.84. The number of nitrogens with zero attached hydrogens (tertiary/aromatic N) is 1. The maximum absolute atomic E-state index is 9.93. The molecule has 1 N–H and O–H groups in total. The van der Waals surface area contributed by atoms with E-state index < -0.39 is 0 Å². The summed E-state index contributed by atoms with van der Waals surface area (Å²) in [7, 11) is 0. The number of aliphatic hydroxyl groups is 1. The molecule has 2 aliphatic heterocycles. The molecule has 2 aliphatic rings. The largest absolute Gasteiger partial charge is 0.493 e. The maximum atomic E-state index is 9.93. The van der Waals surface area contributed by atoms with E-state index in [4.69, 9.17) is 9.47 Å². The van der Waals surface area contributed by atoms with Crippen LogP contribution in [0.4, 0.5) is 5.69 Å². The van der Waals surface area contributed by atoms with Gasteiger partial charge in [0.25, 0.3) is 0 Å². The Kier molecular flexibility index (Phi) is 7.24. The second-order valence-corrected chi connectivity index (χ2v) is 9.46. The van der Waals surface area contributed by atoms with Crippen LogP contribution in [0.15, 0.2) is 41.3 Å². The highest BCUT2D eigenvalue weighted by atomic mass is 32.2. The van der Waals surface area contributed by atoms with Gasteiger partial charge in [-0.1, -0.05) is 19.1 Å². The Balaban J connectivity index is 1.48. The number of hydrogen-bond donors (Lipinski definition) is 1. The Bertz CT molecular complexity index is 850. The Morgan fingerprint density at radius 1 is 1.13 bits per heavy atom. The Morgan fingerprint density at radius 3 is 2.73 bits per heavy atom. The molecule has 0 aromatic heterocycles. The standard InChI is InChI=1S/C25H33NO3S/c1-3-19-5-8-24-21(14-19)6-4-18(2)26(24)30-23-7-9-25(22(15-23)16-27)29-17-20-10-12-28-13-11-20/h5,7-9,14-15,18,20,27H,3-4,6,10-13,16-17H2,1-2H3/t18-/m1/s1. The molecule has 0 radical (unpaired) electrons. The fraction of sp³-hybridized carbons (Fsp3) is 0.520. The maximum Gasteiger partial charge on any atom is 0.124 e. The lowest BCUT2D eigenvalue weighted by atomic mass is 9.96. The van der Waals surface area contributed by atoms with E-state index in [-0.39, 0.29) is 6.61 Å². The normalized spacial score (nSPS) is 19.6. The van der Waals surface area contributed by atoms with E-state index >= 15 is 0 Å². The van der Waals surface area contributed by atoms with Gasteiger partial charge in [0.2, 0.25) is 0 Å². The first kappa shape index (κ1) is 21.5. The van der Waals surface area contributed by atoms with Gasteiger partial charge in [-0.15, -0.1) is 0 Å². The fourth-order valence-corrected chi connectivity index (χ4v) is 5.36. The van der Waals surface area contributed by atoms with Gasteiger partial charge in [-0.05, 0) is 92.3 Å². The SMILES string of the molecule is CCc1ccc2c(c1)CC[C@@H](C)N2Sc1ccc(OCC2CCOCC2)c(CO)c1. The lowest BCUT2D eigenvalue weighted by Gasteiger charge is -2.36. The minimum absolute atomic E-state index is 0.0104. The summed E-state index contributed by atoms with van der Waals surface area (Å²) >= 11 is 1.76. The molecule has 0 amide bonds. The molecular weight excluding hydrogens is 394 g/mol. The number of rotatable bonds is 7. The van der Waals surface area contributed by atoms with Crippen molar-refractivity contribution in [1.29, 1.82) is 0 Å². The molecule has 1 atom stereocenters. The molecule has 1 fully saturated rings. The van der Waals surface area contributed by atoms with Gasteiger partial charge in [-0.3, -0.25) is 0 Å². The van der Waals surface area contributed by atoms with Crippen molar-refractivity contribution >= 4 is 17.6 Å². The lowest BCUT2D eigenvalue weighted by Crippen LogP contribution is -2.31. The van der Waals surface area contributed by atoms with Crippen molar-refractivity contribution in [3.63, 3.8) is 0 Å². The summed E-state index contributed by atoms with van der Waals surface area (Å²) in [4.78, 5) is 1.14. The number of hydrogen-bond acceptors (Lipinski definition) is 5. The number of aliphatic hydroxyl groups excluding tert-OH is 1.